The third kappa shape index (κ3) is 2.71. The average molecular weight is 196 g/mol. The third-order valence-electron chi connectivity index (χ3n) is 3.72. The Morgan fingerprint density at radius 1 is 1.36 bits per heavy atom. The Balaban J connectivity index is 1.77. The molecule has 2 nitrogen and oxygen atoms in total. The van der Waals surface area contributed by atoms with Gasteiger partial charge in [-0.25, -0.2) is 0 Å². The topological polar surface area (TPSA) is 15.3 Å². The van der Waals surface area contributed by atoms with Gasteiger partial charge in [0.2, 0.25) is 0 Å². The van der Waals surface area contributed by atoms with Gasteiger partial charge in [0.15, 0.2) is 0 Å². The Morgan fingerprint density at radius 3 is 2.79 bits per heavy atom. The maximum absolute atomic E-state index is 3.57. The second kappa shape index (κ2) is 4.63. The Kier molecular flexibility index (Phi) is 3.45. The van der Waals surface area contributed by atoms with E-state index in [-0.39, 0.29) is 0 Å². The Morgan fingerprint density at radius 2 is 2.14 bits per heavy atom. The maximum atomic E-state index is 3.57. The molecule has 0 aromatic carbocycles. The Labute approximate surface area is 88.1 Å². The van der Waals surface area contributed by atoms with Crippen molar-refractivity contribution in [3.8, 4) is 0 Å². The van der Waals surface area contributed by atoms with Crippen LogP contribution in [-0.2, 0) is 0 Å². The Hall–Kier alpha value is -0.0800. The van der Waals surface area contributed by atoms with E-state index in [1.54, 1.807) is 0 Å². The van der Waals surface area contributed by atoms with Crippen LogP contribution < -0.4 is 5.32 Å². The second-order valence-corrected chi connectivity index (χ2v) is 5.10. The molecule has 1 saturated carbocycles. The lowest BCUT2D eigenvalue weighted by Gasteiger charge is -2.39. The highest BCUT2D eigenvalue weighted by Crippen LogP contribution is 2.32. The average Bonchev–Trinajstić information content (AvgIpc) is 2.98. The lowest BCUT2D eigenvalue weighted by molar-refractivity contribution is 0.128. The van der Waals surface area contributed by atoms with Crippen LogP contribution in [0.25, 0.3) is 0 Å². The Bertz CT molecular complexity index is 177. The smallest absolute Gasteiger partial charge is 0.0218 e. The summed E-state index contributed by atoms with van der Waals surface area (Å²) in [5.74, 6) is 1.08. The first-order chi connectivity index (χ1) is 6.79. The molecular formula is C12H24N2. The standard InChI is InChI=1S/C12H24N2/c1-3-12-8-13-10(2)9-14(12)7-6-11-4-5-11/h10-13H,3-9H2,1-2H3. The zero-order valence-corrected chi connectivity index (χ0v) is 9.63. The van der Waals surface area contributed by atoms with Crippen molar-refractivity contribution in [1.29, 1.82) is 0 Å². The van der Waals surface area contributed by atoms with Crippen LogP contribution in [0, 0.1) is 5.92 Å². The first kappa shape index (κ1) is 10.4. The van der Waals surface area contributed by atoms with Gasteiger partial charge in [-0.2, -0.15) is 0 Å². The van der Waals surface area contributed by atoms with E-state index in [1.165, 1.54) is 45.3 Å². The number of piperazine rings is 1. The minimum Gasteiger partial charge on any atom is -0.311 e. The summed E-state index contributed by atoms with van der Waals surface area (Å²) in [6, 6.07) is 1.49. The first-order valence-corrected chi connectivity index (χ1v) is 6.27. The number of nitrogens with one attached hydrogen (secondary N) is 1. The fourth-order valence-electron chi connectivity index (χ4n) is 2.46. The summed E-state index contributed by atoms with van der Waals surface area (Å²) in [6.45, 7) is 8.41. The van der Waals surface area contributed by atoms with Crippen molar-refractivity contribution in [1.82, 2.24) is 10.2 Å². The van der Waals surface area contributed by atoms with E-state index in [0.29, 0.717) is 6.04 Å². The van der Waals surface area contributed by atoms with Crippen LogP contribution >= 0.6 is 0 Å². The monoisotopic (exact) mass is 196 g/mol. The minimum absolute atomic E-state index is 0.692. The van der Waals surface area contributed by atoms with Gasteiger partial charge in [-0.05, 0) is 32.2 Å². The molecule has 2 aliphatic rings. The van der Waals surface area contributed by atoms with Crippen molar-refractivity contribution in [3.63, 3.8) is 0 Å². The van der Waals surface area contributed by atoms with Gasteiger partial charge in [-0.1, -0.05) is 19.8 Å². The summed E-state index contributed by atoms with van der Waals surface area (Å²) in [5.41, 5.74) is 0. The highest BCUT2D eigenvalue weighted by Gasteiger charge is 2.27. The van der Waals surface area contributed by atoms with Crippen LogP contribution in [0.2, 0.25) is 0 Å². The van der Waals surface area contributed by atoms with E-state index in [0.717, 1.165) is 12.0 Å². The summed E-state index contributed by atoms with van der Waals surface area (Å²) >= 11 is 0. The van der Waals surface area contributed by atoms with Gasteiger partial charge >= 0.3 is 0 Å². The summed E-state index contributed by atoms with van der Waals surface area (Å²) < 4.78 is 0. The molecule has 2 unspecified atom stereocenters. The fourth-order valence-corrected chi connectivity index (χ4v) is 2.46. The lowest BCUT2D eigenvalue weighted by Crippen LogP contribution is -2.55. The molecular weight excluding hydrogens is 172 g/mol. The molecule has 0 radical (unpaired) electrons. The number of rotatable bonds is 4. The summed E-state index contributed by atoms with van der Waals surface area (Å²) in [4.78, 5) is 2.71. The van der Waals surface area contributed by atoms with E-state index in [2.05, 4.69) is 24.1 Å². The van der Waals surface area contributed by atoms with Gasteiger partial charge < -0.3 is 5.32 Å². The molecule has 1 aliphatic carbocycles. The molecule has 0 aromatic rings. The molecule has 2 atom stereocenters. The molecule has 1 N–H and O–H groups in total. The van der Waals surface area contributed by atoms with Crippen molar-refractivity contribution in [3.05, 3.63) is 0 Å². The molecule has 1 aliphatic heterocycles. The predicted molar refractivity (Wildman–Crippen MR) is 60.5 cm³/mol. The molecule has 14 heavy (non-hydrogen) atoms. The molecule has 2 fully saturated rings. The summed E-state index contributed by atoms with van der Waals surface area (Å²) in [7, 11) is 0. The lowest BCUT2D eigenvalue weighted by atomic mass is 10.1. The maximum Gasteiger partial charge on any atom is 0.0218 e. The molecule has 0 aromatic heterocycles. The zero-order chi connectivity index (χ0) is 9.97. The van der Waals surface area contributed by atoms with Crippen molar-refractivity contribution in [2.45, 2.75) is 51.6 Å². The van der Waals surface area contributed by atoms with Crippen LogP contribution in [0.1, 0.15) is 39.5 Å². The first-order valence-electron chi connectivity index (χ1n) is 6.27. The van der Waals surface area contributed by atoms with Crippen LogP contribution in [0.5, 0.6) is 0 Å². The van der Waals surface area contributed by atoms with Gasteiger partial charge in [0.25, 0.3) is 0 Å². The van der Waals surface area contributed by atoms with Crippen molar-refractivity contribution in [2.24, 2.45) is 5.92 Å². The molecule has 2 heteroatoms. The number of hydrogen-bond donors (Lipinski definition) is 1. The SMILES string of the molecule is CCC1CNC(C)CN1CCC1CC1. The van der Waals surface area contributed by atoms with Gasteiger partial charge in [0.1, 0.15) is 0 Å². The summed E-state index contributed by atoms with van der Waals surface area (Å²) in [5, 5.41) is 3.57. The van der Waals surface area contributed by atoms with Gasteiger partial charge in [0.05, 0.1) is 0 Å². The minimum atomic E-state index is 0.692. The molecule has 2 rings (SSSR count). The van der Waals surface area contributed by atoms with E-state index in [4.69, 9.17) is 0 Å². The predicted octanol–water partition coefficient (Wildman–Crippen LogP) is 1.86. The van der Waals surface area contributed by atoms with Crippen molar-refractivity contribution < 1.29 is 0 Å². The van der Waals surface area contributed by atoms with Crippen LogP contribution in [0.3, 0.4) is 0 Å². The van der Waals surface area contributed by atoms with E-state index < -0.39 is 0 Å². The normalized spacial score (nSPS) is 34.7. The highest BCUT2D eigenvalue weighted by atomic mass is 15.2. The summed E-state index contributed by atoms with van der Waals surface area (Å²) in [6.07, 6.45) is 5.74. The number of hydrogen-bond acceptors (Lipinski definition) is 2. The van der Waals surface area contributed by atoms with Crippen molar-refractivity contribution >= 4 is 0 Å². The van der Waals surface area contributed by atoms with E-state index in [9.17, 15) is 0 Å². The van der Waals surface area contributed by atoms with Crippen LogP contribution in [-0.4, -0.2) is 36.6 Å². The van der Waals surface area contributed by atoms with Gasteiger partial charge in [-0.3, -0.25) is 4.90 Å². The number of nitrogens with zero attached hydrogens (tertiary/aromatic N) is 1. The van der Waals surface area contributed by atoms with Gasteiger partial charge in [0, 0.05) is 25.2 Å². The quantitative estimate of drug-likeness (QED) is 0.738. The zero-order valence-electron chi connectivity index (χ0n) is 9.63. The molecule has 0 spiro atoms. The molecule has 1 saturated heterocycles. The van der Waals surface area contributed by atoms with Gasteiger partial charge in [-0.15, -0.1) is 0 Å². The molecule has 0 amide bonds. The van der Waals surface area contributed by atoms with Crippen LogP contribution in [0.15, 0.2) is 0 Å². The van der Waals surface area contributed by atoms with Crippen molar-refractivity contribution in [2.75, 3.05) is 19.6 Å². The fraction of sp³-hybridized carbons (Fsp3) is 1.00. The molecule has 82 valence electrons. The van der Waals surface area contributed by atoms with E-state index in [1.807, 2.05) is 0 Å². The molecule has 0 bridgehead atoms. The third-order valence-corrected chi connectivity index (χ3v) is 3.72. The highest BCUT2D eigenvalue weighted by molar-refractivity contribution is 4.84. The molecule has 1 heterocycles. The second-order valence-electron chi connectivity index (χ2n) is 5.10. The largest absolute Gasteiger partial charge is 0.311 e. The van der Waals surface area contributed by atoms with Crippen LogP contribution in [0.4, 0.5) is 0 Å². The van der Waals surface area contributed by atoms with E-state index >= 15 is 0 Å².